The van der Waals surface area contributed by atoms with Crippen molar-refractivity contribution in [3.63, 3.8) is 0 Å². The normalized spacial score (nSPS) is 23.5. The molecule has 26 heavy (non-hydrogen) atoms. The molecule has 8 heteroatoms. The Morgan fingerprint density at radius 1 is 1.12 bits per heavy atom. The van der Waals surface area contributed by atoms with Gasteiger partial charge in [-0.05, 0) is 60.3 Å². The second-order valence-corrected chi connectivity index (χ2v) is 8.73. The lowest BCUT2D eigenvalue weighted by atomic mass is 9.89. The summed E-state index contributed by atoms with van der Waals surface area (Å²) in [6.45, 7) is 12.6. The highest BCUT2D eigenvalue weighted by molar-refractivity contribution is 5.85. The van der Waals surface area contributed by atoms with Gasteiger partial charge in [0.05, 0.1) is 0 Å². The molecule has 0 spiro atoms. The number of likely N-dealkylation sites (tertiary alicyclic amines) is 1. The highest BCUT2D eigenvalue weighted by Crippen LogP contribution is 2.37. The maximum absolute atomic E-state index is 12.5. The molecule has 2 amide bonds. The monoisotopic (exact) mass is 372 g/mol. The highest BCUT2D eigenvalue weighted by atomic mass is 16.6. The van der Waals surface area contributed by atoms with Crippen LogP contribution in [0, 0.1) is 5.92 Å². The first-order valence-corrected chi connectivity index (χ1v) is 8.91. The topological polar surface area (TPSA) is 105 Å². The molecule has 150 valence electrons. The second kappa shape index (κ2) is 7.72. The Balaban J connectivity index is 2.86. The highest BCUT2D eigenvalue weighted by Gasteiger charge is 2.53. The number of carboxylic acid groups (broad SMARTS) is 1. The summed E-state index contributed by atoms with van der Waals surface area (Å²) in [6, 6.07) is 0. The van der Waals surface area contributed by atoms with Crippen molar-refractivity contribution in [3.05, 3.63) is 0 Å². The van der Waals surface area contributed by atoms with E-state index in [1.807, 2.05) is 0 Å². The zero-order valence-electron chi connectivity index (χ0n) is 16.8. The number of carboxylic acids is 1. The molecule has 0 aromatic carbocycles. The van der Waals surface area contributed by atoms with Crippen LogP contribution in [0.4, 0.5) is 9.59 Å². The van der Waals surface area contributed by atoms with Gasteiger partial charge in [-0.1, -0.05) is 6.92 Å². The Morgan fingerprint density at radius 2 is 1.65 bits per heavy atom. The maximum Gasteiger partial charge on any atom is 0.411 e. The quantitative estimate of drug-likeness (QED) is 0.786. The van der Waals surface area contributed by atoms with Crippen molar-refractivity contribution < 1.29 is 29.0 Å². The molecule has 0 aliphatic carbocycles. The SMILES string of the molecule is CC[C@@]1(C(=O)O)C[C@@H](CNC(=O)OC(C)(C)C)CN1C(=O)OC(C)(C)C. The molecule has 2 N–H and O–H groups in total. The van der Waals surface area contributed by atoms with Gasteiger partial charge in [-0.15, -0.1) is 0 Å². The molecule has 0 aromatic heterocycles. The summed E-state index contributed by atoms with van der Waals surface area (Å²) in [6.07, 6.45) is -0.717. The molecule has 0 saturated carbocycles. The van der Waals surface area contributed by atoms with E-state index in [2.05, 4.69) is 5.32 Å². The molecular weight excluding hydrogens is 340 g/mol. The molecule has 0 bridgehead atoms. The van der Waals surface area contributed by atoms with E-state index in [4.69, 9.17) is 9.47 Å². The van der Waals surface area contributed by atoms with E-state index >= 15 is 0 Å². The Kier molecular flexibility index (Phi) is 6.54. The van der Waals surface area contributed by atoms with Crippen LogP contribution in [-0.2, 0) is 14.3 Å². The fourth-order valence-electron chi connectivity index (χ4n) is 3.02. The van der Waals surface area contributed by atoms with Crippen molar-refractivity contribution in [3.8, 4) is 0 Å². The zero-order chi connectivity index (χ0) is 20.3. The third-order valence-electron chi connectivity index (χ3n) is 4.11. The average molecular weight is 372 g/mol. The molecule has 1 aliphatic rings. The van der Waals surface area contributed by atoms with E-state index in [0.717, 1.165) is 0 Å². The number of hydrogen-bond acceptors (Lipinski definition) is 5. The first kappa shape index (κ1) is 22.1. The number of amides is 2. The lowest BCUT2D eigenvalue weighted by Crippen LogP contribution is -2.53. The van der Waals surface area contributed by atoms with Gasteiger partial charge < -0.3 is 19.9 Å². The van der Waals surface area contributed by atoms with Gasteiger partial charge >= 0.3 is 18.2 Å². The van der Waals surface area contributed by atoms with Crippen LogP contribution in [0.25, 0.3) is 0 Å². The summed E-state index contributed by atoms with van der Waals surface area (Å²) in [7, 11) is 0. The molecule has 0 radical (unpaired) electrons. The summed E-state index contributed by atoms with van der Waals surface area (Å²) in [5.41, 5.74) is -2.67. The van der Waals surface area contributed by atoms with E-state index in [1.54, 1.807) is 48.5 Å². The average Bonchev–Trinajstić information content (AvgIpc) is 2.82. The zero-order valence-corrected chi connectivity index (χ0v) is 16.8. The summed E-state index contributed by atoms with van der Waals surface area (Å²) < 4.78 is 10.6. The standard InChI is InChI=1S/C18H32N2O6/c1-8-18(13(21)22)9-12(10-19-14(23)25-16(2,3)4)11-20(18)15(24)26-17(5,6)7/h12H,8-11H2,1-7H3,(H,19,23)(H,21,22)/t12-,18-/m0/s1. The minimum atomic E-state index is -1.33. The number of hydrogen-bond donors (Lipinski definition) is 2. The van der Waals surface area contributed by atoms with Gasteiger partial charge in [-0.2, -0.15) is 0 Å². The number of carbonyl (C=O) groups excluding carboxylic acids is 2. The van der Waals surface area contributed by atoms with Crippen LogP contribution in [0.1, 0.15) is 61.3 Å². The minimum absolute atomic E-state index is 0.199. The van der Waals surface area contributed by atoms with Gasteiger partial charge in [-0.25, -0.2) is 14.4 Å². The summed E-state index contributed by atoms with van der Waals surface area (Å²) in [4.78, 5) is 37.6. The Labute approximate surface area is 155 Å². The fourth-order valence-corrected chi connectivity index (χ4v) is 3.02. The third kappa shape index (κ3) is 5.78. The van der Waals surface area contributed by atoms with Crippen LogP contribution in [0.15, 0.2) is 0 Å². The molecular formula is C18H32N2O6. The molecule has 0 unspecified atom stereocenters. The Bertz CT molecular complexity index is 549. The van der Waals surface area contributed by atoms with E-state index in [-0.39, 0.29) is 31.8 Å². The molecule has 1 rings (SSSR count). The van der Waals surface area contributed by atoms with E-state index in [9.17, 15) is 19.5 Å². The molecule has 0 aromatic rings. The van der Waals surface area contributed by atoms with Crippen LogP contribution < -0.4 is 5.32 Å². The van der Waals surface area contributed by atoms with Gasteiger partial charge in [-0.3, -0.25) is 4.90 Å². The predicted molar refractivity (Wildman–Crippen MR) is 95.9 cm³/mol. The van der Waals surface area contributed by atoms with Crippen LogP contribution in [0.2, 0.25) is 0 Å². The van der Waals surface area contributed by atoms with Crippen molar-refractivity contribution in [1.29, 1.82) is 0 Å². The van der Waals surface area contributed by atoms with Crippen molar-refractivity contribution in [2.45, 2.75) is 78.0 Å². The van der Waals surface area contributed by atoms with E-state index in [0.29, 0.717) is 0 Å². The fraction of sp³-hybridized carbons (Fsp3) is 0.833. The lowest BCUT2D eigenvalue weighted by Gasteiger charge is -2.35. The Morgan fingerprint density at radius 3 is 2.08 bits per heavy atom. The number of nitrogens with one attached hydrogen (secondary N) is 1. The van der Waals surface area contributed by atoms with Gasteiger partial charge in [0.1, 0.15) is 16.7 Å². The summed E-state index contributed by atoms with van der Waals surface area (Å²) in [5, 5.41) is 12.4. The van der Waals surface area contributed by atoms with Crippen LogP contribution in [0.5, 0.6) is 0 Å². The van der Waals surface area contributed by atoms with Crippen molar-refractivity contribution in [1.82, 2.24) is 10.2 Å². The van der Waals surface area contributed by atoms with Crippen molar-refractivity contribution in [2.24, 2.45) is 5.92 Å². The number of ether oxygens (including phenoxy) is 2. The minimum Gasteiger partial charge on any atom is -0.479 e. The molecule has 1 heterocycles. The summed E-state index contributed by atoms with van der Waals surface area (Å²) in [5.74, 6) is -1.27. The van der Waals surface area contributed by atoms with Gasteiger partial charge in [0.25, 0.3) is 0 Å². The second-order valence-electron chi connectivity index (χ2n) is 8.73. The number of alkyl carbamates (subject to hydrolysis) is 1. The van der Waals surface area contributed by atoms with Gasteiger partial charge in [0.15, 0.2) is 0 Å². The first-order chi connectivity index (χ1) is 11.7. The number of nitrogens with zero attached hydrogens (tertiary/aromatic N) is 1. The molecule has 8 nitrogen and oxygen atoms in total. The predicted octanol–water partition coefficient (Wildman–Crippen LogP) is 3.00. The number of rotatable bonds is 4. The van der Waals surface area contributed by atoms with Crippen molar-refractivity contribution in [2.75, 3.05) is 13.1 Å². The maximum atomic E-state index is 12.5. The molecule has 1 saturated heterocycles. The number of aliphatic carboxylic acids is 1. The number of carbonyl (C=O) groups is 3. The van der Waals surface area contributed by atoms with Gasteiger partial charge in [0, 0.05) is 13.1 Å². The third-order valence-corrected chi connectivity index (χ3v) is 4.11. The molecule has 2 atom stereocenters. The van der Waals surface area contributed by atoms with E-state index < -0.39 is 34.9 Å². The van der Waals surface area contributed by atoms with E-state index in [1.165, 1.54) is 4.90 Å². The molecule has 1 fully saturated rings. The lowest BCUT2D eigenvalue weighted by molar-refractivity contribution is -0.149. The molecule has 1 aliphatic heterocycles. The van der Waals surface area contributed by atoms with Gasteiger partial charge in [0.2, 0.25) is 0 Å². The largest absolute Gasteiger partial charge is 0.479 e. The Hall–Kier alpha value is -1.99. The summed E-state index contributed by atoms with van der Waals surface area (Å²) >= 11 is 0. The van der Waals surface area contributed by atoms with Crippen LogP contribution in [-0.4, -0.2) is 58.0 Å². The van der Waals surface area contributed by atoms with Crippen LogP contribution >= 0.6 is 0 Å². The smallest absolute Gasteiger partial charge is 0.411 e. The first-order valence-electron chi connectivity index (χ1n) is 8.91. The van der Waals surface area contributed by atoms with Crippen LogP contribution in [0.3, 0.4) is 0 Å². The van der Waals surface area contributed by atoms with Crippen molar-refractivity contribution >= 4 is 18.2 Å².